The lowest BCUT2D eigenvalue weighted by atomic mass is 10.0. The summed E-state index contributed by atoms with van der Waals surface area (Å²) in [6.45, 7) is 0.788. The second-order valence-corrected chi connectivity index (χ2v) is 4.25. The number of hydrogen-bond donors (Lipinski definition) is 1. The Morgan fingerprint density at radius 1 is 1.26 bits per heavy atom. The van der Waals surface area contributed by atoms with E-state index in [1.165, 1.54) is 0 Å². The van der Waals surface area contributed by atoms with Crippen molar-refractivity contribution in [1.82, 2.24) is 15.1 Å². The quantitative estimate of drug-likeness (QED) is 0.921. The number of aromatic nitrogens is 3. The molecule has 0 aliphatic carbocycles. The first-order valence-electron chi connectivity index (χ1n) is 5.38. The molecule has 0 saturated carbocycles. The summed E-state index contributed by atoms with van der Waals surface area (Å²) < 4.78 is 42.7. The lowest BCUT2D eigenvalue weighted by Gasteiger charge is -2.22. The van der Waals surface area contributed by atoms with Crippen LogP contribution < -0.4 is 5.73 Å². The monoisotopic (exact) mass is 272 g/mol. The van der Waals surface area contributed by atoms with Crippen molar-refractivity contribution >= 4 is 0 Å². The number of alkyl halides is 3. The highest BCUT2D eigenvalue weighted by Gasteiger charge is 2.53. The van der Waals surface area contributed by atoms with Crippen molar-refractivity contribution < 1.29 is 17.7 Å². The Morgan fingerprint density at radius 2 is 1.89 bits per heavy atom. The van der Waals surface area contributed by atoms with E-state index in [4.69, 9.17) is 5.73 Å². The van der Waals surface area contributed by atoms with Crippen LogP contribution in [0.5, 0.6) is 0 Å². The van der Waals surface area contributed by atoms with Crippen molar-refractivity contribution in [2.45, 2.75) is 25.1 Å². The van der Waals surface area contributed by atoms with E-state index >= 15 is 0 Å². The minimum absolute atomic E-state index is 0.141. The van der Waals surface area contributed by atoms with Crippen LogP contribution in [-0.4, -0.2) is 21.3 Å². The standard InChI is InChI=1S/C11H11F3N4O/c1-10(15,11(12,13)14)9-17-8(18-19-9)6-7-2-4-16-5-3-7/h2-5H,6,15H2,1H3. The van der Waals surface area contributed by atoms with Crippen molar-refractivity contribution in [1.29, 1.82) is 0 Å². The van der Waals surface area contributed by atoms with E-state index in [0.717, 1.165) is 12.5 Å². The Kier molecular flexibility index (Phi) is 3.27. The predicted molar refractivity (Wildman–Crippen MR) is 58.9 cm³/mol. The average molecular weight is 272 g/mol. The van der Waals surface area contributed by atoms with Crippen LogP contribution in [0.2, 0.25) is 0 Å². The fourth-order valence-electron chi connectivity index (χ4n) is 1.34. The van der Waals surface area contributed by atoms with Crippen molar-refractivity contribution in [3.63, 3.8) is 0 Å². The number of rotatable bonds is 3. The molecule has 0 amide bonds. The normalized spacial score (nSPS) is 15.2. The van der Waals surface area contributed by atoms with Crippen LogP contribution in [-0.2, 0) is 12.0 Å². The highest BCUT2D eigenvalue weighted by molar-refractivity contribution is 5.15. The summed E-state index contributed by atoms with van der Waals surface area (Å²) >= 11 is 0. The maximum absolute atomic E-state index is 12.7. The van der Waals surface area contributed by atoms with Gasteiger partial charge < -0.3 is 10.3 Å². The number of nitrogens with two attached hydrogens (primary N) is 1. The molecular weight excluding hydrogens is 261 g/mol. The van der Waals surface area contributed by atoms with Gasteiger partial charge in [0.05, 0.1) is 0 Å². The van der Waals surface area contributed by atoms with E-state index < -0.39 is 17.6 Å². The van der Waals surface area contributed by atoms with Crippen LogP contribution in [0.1, 0.15) is 24.2 Å². The number of pyridine rings is 1. The van der Waals surface area contributed by atoms with Gasteiger partial charge in [-0.15, -0.1) is 0 Å². The average Bonchev–Trinajstić information content (AvgIpc) is 2.78. The van der Waals surface area contributed by atoms with Crippen molar-refractivity contribution in [3.8, 4) is 0 Å². The molecule has 102 valence electrons. The summed E-state index contributed by atoms with van der Waals surface area (Å²) in [7, 11) is 0. The summed E-state index contributed by atoms with van der Waals surface area (Å²) in [6.07, 6.45) is -1.27. The fourth-order valence-corrected chi connectivity index (χ4v) is 1.34. The van der Waals surface area contributed by atoms with E-state index in [2.05, 4.69) is 19.6 Å². The third kappa shape index (κ3) is 2.73. The lowest BCUT2D eigenvalue weighted by Crippen LogP contribution is -2.48. The molecule has 2 heterocycles. The SMILES string of the molecule is CC(N)(c1nc(Cc2ccncc2)no1)C(F)(F)F. The van der Waals surface area contributed by atoms with Gasteiger partial charge in [0.2, 0.25) is 0 Å². The Morgan fingerprint density at radius 3 is 2.47 bits per heavy atom. The van der Waals surface area contributed by atoms with Crippen LogP contribution in [0.3, 0.4) is 0 Å². The molecule has 2 N–H and O–H groups in total. The molecule has 2 aromatic heterocycles. The van der Waals surface area contributed by atoms with Gasteiger partial charge in [0.25, 0.3) is 5.89 Å². The number of halogens is 3. The third-order valence-electron chi connectivity index (χ3n) is 2.61. The second kappa shape index (κ2) is 4.61. The molecule has 19 heavy (non-hydrogen) atoms. The predicted octanol–water partition coefficient (Wildman–Crippen LogP) is 1.79. The fraction of sp³-hybridized carbons (Fsp3) is 0.364. The summed E-state index contributed by atoms with van der Waals surface area (Å²) in [6, 6.07) is 3.42. The molecule has 2 rings (SSSR count). The van der Waals surface area contributed by atoms with Gasteiger partial charge in [0, 0.05) is 18.8 Å². The molecule has 0 fully saturated rings. The van der Waals surface area contributed by atoms with Crippen LogP contribution in [0.4, 0.5) is 13.2 Å². The molecule has 0 aromatic carbocycles. The minimum atomic E-state index is -4.66. The van der Waals surface area contributed by atoms with Crippen molar-refractivity contribution in [2.24, 2.45) is 5.73 Å². The molecule has 0 saturated heterocycles. The van der Waals surface area contributed by atoms with Gasteiger partial charge >= 0.3 is 6.18 Å². The highest BCUT2D eigenvalue weighted by Crippen LogP contribution is 2.35. The molecule has 0 radical (unpaired) electrons. The smallest absolute Gasteiger partial charge is 0.337 e. The van der Waals surface area contributed by atoms with Crippen molar-refractivity contribution in [3.05, 3.63) is 41.8 Å². The summed E-state index contributed by atoms with van der Waals surface area (Å²) in [5.41, 5.74) is 3.35. The maximum atomic E-state index is 12.7. The van der Waals surface area contributed by atoms with E-state index in [1.807, 2.05) is 0 Å². The van der Waals surface area contributed by atoms with Gasteiger partial charge in [-0.25, -0.2) is 0 Å². The third-order valence-corrected chi connectivity index (χ3v) is 2.61. The first kappa shape index (κ1) is 13.5. The number of nitrogens with zero attached hydrogens (tertiary/aromatic N) is 3. The molecule has 0 aliphatic heterocycles. The van der Waals surface area contributed by atoms with E-state index in [-0.39, 0.29) is 12.2 Å². The van der Waals surface area contributed by atoms with Crippen LogP contribution in [0, 0.1) is 0 Å². The van der Waals surface area contributed by atoms with Crippen LogP contribution in [0.25, 0.3) is 0 Å². The summed E-state index contributed by atoms with van der Waals surface area (Å²) in [5.74, 6) is -0.508. The van der Waals surface area contributed by atoms with E-state index in [0.29, 0.717) is 0 Å². The Bertz CT molecular complexity index is 551. The number of hydrogen-bond acceptors (Lipinski definition) is 5. The van der Waals surface area contributed by atoms with Gasteiger partial charge in [0.1, 0.15) is 0 Å². The first-order valence-corrected chi connectivity index (χ1v) is 5.38. The zero-order valence-electron chi connectivity index (χ0n) is 9.98. The maximum Gasteiger partial charge on any atom is 0.415 e. The minimum Gasteiger partial charge on any atom is -0.337 e. The lowest BCUT2D eigenvalue weighted by molar-refractivity contribution is -0.190. The van der Waals surface area contributed by atoms with Gasteiger partial charge in [-0.1, -0.05) is 5.16 Å². The second-order valence-electron chi connectivity index (χ2n) is 4.25. The molecule has 0 spiro atoms. The molecule has 8 heteroatoms. The molecule has 0 aliphatic rings. The van der Waals surface area contributed by atoms with E-state index in [1.54, 1.807) is 24.5 Å². The molecule has 1 unspecified atom stereocenters. The molecule has 2 aromatic rings. The zero-order valence-corrected chi connectivity index (χ0v) is 9.98. The van der Waals surface area contributed by atoms with Crippen LogP contribution >= 0.6 is 0 Å². The van der Waals surface area contributed by atoms with Gasteiger partial charge in [-0.05, 0) is 24.6 Å². The Balaban J connectivity index is 2.20. The van der Waals surface area contributed by atoms with E-state index in [9.17, 15) is 13.2 Å². The first-order chi connectivity index (χ1) is 8.80. The van der Waals surface area contributed by atoms with Crippen molar-refractivity contribution in [2.75, 3.05) is 0 Å². The van der Waals surface area contributed by atoms with Crippen LogP contribution in [0.15, 0.2) is 29.0 Å². The van der Waals surface area contributed by atoms with Gasteiger partial charge in [0.15, 0.2) is 11.4 Å². The molecule has 1 atom stereocenters. The Hall–Kier alpha value is -1.96. The topological polar surface area (TPSA) is 77.8 Å². The molecule has 0 bridgehead atoms. The summed E-state index contributed by atoms with van der Waals surface area (Å²) in [5, 5.41) is 3.50. The molecule has 5 nitrogen and oxygen atoms in total. The van der Waals surface area contributed by atoms with Gasteiger partial charge in [-0.2, -0.15) is 18.2 Å². The zero-order chi connectivity index (χ0) is 14.1. The molecular formula is C11H11F3N4O. The van der Waals surface area contributed by atoms with Gasteiger partial charge in [-0.3, -0.25) is 4.98 Å². The summed E-state index contributed by atoms with van der Waals surface area (Å²) in [4.78, 5) is 7.53. The largest absolute Gasteiger partial charge is 0.415 e. The Labute approximate surface area is 106 Å². The highest BCUT2D eigenvalue weighted by atomic mass is 19.4.